The monoisotopic (exact) mass is 220 g/mol. The Kier molecular flexibility index (Phi) is 3.05. The molecule has 86 valence electrons. The Morgan fingerprint density at radius 2 is 2.31 bits per heavy atom. The van der Waals surface area contributed by atoms with Crippen LogP contribution < -0.4 is 5.73 Å². The Hall–Kier alpha value is -1.62. The number of allylic oxidation sites excluding steroid dienone is 2. The molecule has 1 amide bonds. The summed E-state index contributed by atoms with van der Waals surface area (Å²) in [5.74, 6) is 0.846. The number of nitrogens with zero attached hydrogens (tertiary/aromatic N) is 3. The van der Waals surface area contributed by atoms with Gasteiger partial charge >= 0.3 is 0 Å². The van der Waals surface area contributed by atoms with Crippen molar-refractivity contribution in [2.45, 2.75) is 13.3 Å². The van der Waals surface area contributed by atoms with Crippen molar-refractivity contribution >= 4 is 11.7 Å². The van der Waals surface area contributed by atoms with E-state index < -0.39 is 0 Å². The molecule has 5 nitrogen and oxygen atoms in total. The molecule has 0 spiro atoms. The quantitative estimate of drug-likeness (QED) is 0.742. The molecule has 0 aromatic rings. The second kappa shape index (κ2) is 4.49. The molecule has 0 saturated carbocycles. The van der Waals surface area contributed by atoms with Crippen molar-refractivity contribution in [1.29, 1.82) is 0 Å². The van der Waals surface area contributed by atoms with Gasteiger partial charge in [0.05, 0.1) is 0 Å². The molecule has 2 rings (SSSR count). The van der Waals surface area contributed by atoms with Gasteiger partial charge in [-0.2, -0.15) is 5.10 Å². The van der Waals surface area contributed by atoms with Crippen LogP contribution in [0.1, 0.15) is 13.3 Å². The molecule has 2 aliphatic heterocycles. The second-order valence-corrected chi connectivity index (χ2v) is 3.95. The Bertz CT molecular complexity index is 383. The van der Waals surface area contributed by atoms with Gasteiger partial charge in [0.25, 0.3) is 5.91 Å². The number of hydrogen-bond donors (Lipinski definition) is 1. The molecular formula is C11H16N4O. The third kappa shape index (κ3) is 2.14. The van der Waals surface area contributed by atoms with Gasteiger partial charge in [-0.25, -0.2) is 5.01 Å². The molecule has 2 N–H and O–H groups in total. The van der Waals surface area contributed by atoms with Gasteiger partial charge in [-0.15, -0.1) is 0 Å². The smallest absolute Gasteiger partial charge is 0.262 e. The molecule has 2 aliphatic rings. The summed E-state index contributed by atoms with van der Waals surface area (Å²) in [5.41, 5.74) is 6.55. The van der Waals surface area contributed by atoms with E-state index in [1.54, 1.807) is 0 Å². The first-order valence-electron chi connectivity index (χ1n) is 5.43. The van der Waals surface area contributed by atoms with Gasteiger partial charge in [-0.1, -0.05) is 6.08 Å². The molecule has 0 bridgehead atoms. The summed E-state index contributed by atoms with van der Waals surface area (Å²) in [7, 11) is 0. The third-order valence-corrected chi connectivity index (χ3v) is 2.54. The lowest BCUT2D eigenvalue weighted by Gasteiger charge is -2.31. The van der Waals surface area contributed by atoms with Gasteiger partial charge < -0.3 is 10.6 Å². The summed E-state index contributed by atoms with van der Waals surface area (Å²) in [6, 6.07) is 0. The number of hydrogen-bond acceptors (Lipinski definition) is 4. The standard InChI is InChI=1S/C11H16N4O/c1-9-3-4-10-13-15(6-2-5-12)11(16)8-14(10)7-9/h3-4,7H,2,5-6,8,12H2,1H3. The lowest BCUT2D eigenvalue weighted by molar-refractivity contribution is -0.132. The first-order chi connectivity index (χ1) is 7.70. The number of amidine groups is 1. The Morgan fingerprint density at radius 1 is 1.50 bits per heavy atom. The highest BCUT2D eigenvalue weighted by Crippen LogP contribution is 2.14. The van der Waals surface area contributed by atoms with Crippen LogP contribution in [0.15, 0.2) is 29.0 Å². The summed E-state index contributed by atoms with van der Waals surface area (Å²) in [6.07, 6.45) is 6.64. The first-order valence-corrected chi connectivity index (χ1v) is 5.43. The highest BCUT2D eigenvalue weighted by Gasteiger charge is 2.24. The number of carbonyl (C=O) groups is 1. The summed E-state index contributed by atoms with van der Waals surface area (Å²) in [4.78, 5) is 13.6. The molecule has 16 heavy (non-hydrogen) atoms. The Morgan fingerprint density at radius 3 is 3.06 bits per heavy atom. The van der Waals surface area contributed by atoms with E-state index in [1.807, 2.05) is 30.2 Å². The molecule has 5 heteroatoms. The number of nitrogens with two attached hydrogens (primary N) is 1. The van der Waals surface area contributed by atoms with Gasteiger partial charge in [0.2, 0.25) is 0 Å². The maximum atomic E-state index is 11.7. The van der Waals surface area contributed by atoms with Crippen LogP contribution in [0.4, 0.5) is 0 Å². The van der Waals surface area contributed by atoms with Crippen molar-refractivity contribution in [3.05, 3.63) is 23.9 Å². The van der Waals surface area contributed by atoms with Crippen LogP contribution >= 0.6 is 0 Å². The predicted molar refractivity (Wildman–Crippen MR) is 62.4 cm³/mol. The summed E-state index contributed by atoms with van der Waals surface area (Å²) < 4.78 is 0. The number of hydrazone groups is 1. The summed E-state index contributed by atoms with van der Waals surface area (Å²) >= 11 is 0. The van der Waals surface area contributed by atoms with E-state index in [9.17, 15) is 4.79 Å². The third-order valence-electron chi connectivity index (χ3n) is 2.54. The van der Waals surface area contributed by atoms with E-state index in [1.165, 1.54) is 5.01 Å². The molecule has 0 fully saturated rings. The van der Waals surface area contributed by atoms with Crippen molar-refractivity contribution < 1.29 is 4.79 Å². The fraction of sp³-hybridized carbons (Fsp3) is 0.455. The molecule has 0 unspecified atom stereocenters. The molecule has 0 aromatic carbocycles. The van der Waals surface area contributed by atoms with E-state index in [4.69, 9.17) is 5.73 Å². The SMILES string of the molecule is CC1=CN2CC(=O)N(CCCN)N=C2C=C1. The number of amides is 1. The Labute approximate surface area is 94.9 Å². The van der Waals surface area contributed by atoms with Gasteiger partial charge in [-0.05, 0) is 31.5 Å². The van der Waals surface area contributed by atoms with Gasteiger partial charge in [0.15, 0.2) is 5.84 Å². The predicted octanol–water partition coefficient (Wildman–Crippen LogP) is 0.267. The van der Waals surface area contributed by atoms with E-state index in [2.05, 4.69) is 5.10 Å². The van der Waals surface area contributed by atoms with Crippen molar-refractivity contribution in [2.75, 3.05) is 19.6 Å². The molecule has 0 radical (unpaired) electrons. The first kappa shape index (κ1) is 10.9. The van der Waals surface area contributed by atoms with Crippen LogP contribution in [-0.4, -0.2) is 41.3 Å². The van der Waals surface area contributed by atoms with Crippen molar-refractivity contribution in [2.24, 2.45) is 10.8 Å². The lowest BCUT2D eigenvalue weighted by atomic mass is 10.2. The Balaban J connectivity index is 2.14. The minimum atomic E-state index is 0.0246. The number of rotatable bonds is 3. The maximum absolute atomic E-state index is 11.7. The van der Waals surface area contributed by atoms with Crippen molar-refractivity contribution in [3.63, 3.8) is 0 Å². The molecular weight excluding hydrogens is 204 g/mol. The number of fused-ring (bicyclic) bond motifs is 1. The second-order valence-electron chi connectivity index (χ2n) is 3.95. The van der Waals surface area contributed by atoms with Crippen LogP contribution in [0.25, 0.3) is 0 Å². The number of carbonyl (C=O) groups excluding carboxylic acids is 1. The van der Waals surface area contributed by atoms with Crippen LogP contribution in [0.5, 0.6) is 0 Å². The lowest BCUT2D eigenvalue weighted by Crippen LogP contribution is -2.45. The van der Waals surface area contributed by atoms with Crippen LogP contribution in [0.2, 0.25) is 0 Å². The minimum Gasteiger partial charge on any atom is -0.330 e. The normalized spacial score (nSPS) is 19.5. The van der Waals surface area contributed by atoms with Gasteiger partial charge in [0, 0.05) is 12.7 Å². The molecule has 0 aliphatic carbocycles. The van der Waals surface area contributed by atoms with E-state index >= 15 is 0 Å². The zero-order chi connectivity index (χ0) is 11.5. The van der Waals surface area contributed by atoms with Crippen molar-refractivity contribution in [1.82, 2.24) is 9.91 Å². The minimum absolute atomic E-state index is 0.0246. The fourth-order valence-corrected chi connectivity index (χ4v) is 1.70. The summed E-state index contributed by atoms with van der Waals surface area (Å²) in [6.45, 7) is 3.54. The molecule has 0 atom stereocenters. The highest BCUT2D eigenvalue weighted by molar-refractivity contribution is 6.00. The average molecular weight is 220 g/mol. The highest BCUT2D eigenvalue weighted by atomic mass is 16.2. The van der Waals surface area contributed by atoms with E-state index in [-0.39, 0.29) is 5.91 Å². The average Bonchev–Trinajstić information content (AvgIpc) is 2.26. The zero-order valence-corrected chi connectivity index (χ0v) is 9.39. The van der Waals surface area contributed by atoms with E-state index in [0.29, 0.717) is 19.6 Å². The fourth-order valence-electron chi connectivity index (χ4n) is 1.70. The van der Waals surface area contributed by atoms with E-state index in [0.717, 1.165) is 17.8 Å². The van der Waals surface area contributed by atoms with Crippen LogP contribution in [-0.2, 0) is 4.79 Å². The van der Waals surface area contributed by atoms with Crippen LogP contribution in [0, 0.1) is 0 Å². The van der Waals surface area contributed by atoms with Gasteiger partial charge in [0.1, 0.15) is 6.54 Å². The topological polar surface area (TPSA) is 61.9 Å². The largest absolute Gasteiger partial charge is 0.330 e. The molecule has 0 saturated heterocycles. The maximum Gasteiger partial charge on any atom is 0.262 e. The van der Waals surface area contributed by atoms with Gasteiger partial charge in [-0.3, -0.25) is 4.79 Å². The zero-order valence-electron chi connectivity index (χ0n) is 9.39. The summed E-state index contributed by atoms with van der Waals surface area (Å²) in [5, 5.41) is 5.81. The molecule has 2 heterocycles. The van der Waals surface area contributed by atoms with Crippen molar-refractivity contribution in [3.8, 4) is 0 Å². The molecule has 0 aromatic heterocycles. The van der Waals surface area contributed by atoms with Crippen LogP contribution in [0.3, 0.4) is 0 Å².